The summed E-state index contributed by atoms with van der Waals surface area (Å²) < 4.78 is 5.93. The maximum Gasteiger partial charge on any atom is 0.163 e. The van der Waals surface area contributed by atoms with Crippen LogP contribution in [0.2, 0.25) is 16.6 Å². The first kappa shape index (κ1) is 17.9. The quantitative estimate of drug-likeness (QED) is 0.470. The number of Topliss-reactive ketones (excluding diaryl/α,β-unsaturated/α-hetero) is 1. The van der Waals surface area contributed by atoms with E-state index in [1.165, 1.54) is 0 Å². The summed E-state index contributed by atoms with van der Waals surface area (Å²) in [5.41, 5.74) is 5.49. The van der Waals surface area contributed by atoms with Gasteiger partial charge in [-0.25, -0.2) is 0 Å². The Hall–Kier alpha value is -0.413. The molecule has 0 N–H and O–H groups in total. The van der Waals surface area contributed by atoms with E-state index in [0.717, 1.165) is 37.9 Å². The maximum absolute atomic E-state index is 12.9. The zero-order valence-corrected chi connectivity index (χ0v) is 16.3. The van der Waals surface area contributed by atoms with Crippen LogP contribution in [-0.2, 0) is 9.53 Å². The van der Waals surface area contributed by atoms with Gasteiger partial charge in [0.25, 0.3) is 0 Å². The van der Waals surface area contributed by atoms with Crippen molar-refractivity contribution in [2.75, 3.05) is 6.61 Å². The van der Waals surface area contributed by atoms with Gasteiger partial charge in [0, 0.05) is 18.1 Å². The van der Waals surface area contributed by atoms with E-state index in [1.807, 2.05) is 0 Å². The van der Waals surface area contributed by atoms with Crippen molar-refractivity contribution in [3.63, 3.8) is 0 Å². The van der Waals surface area contributed by atoms with E-state index < -0.39 is 8.07 Å². The van der Waals surface area contributed by atoms with Gasteiger partial charge < -0.3 is 4.74 Å². The third-order valence-corrected chi connectivity index (χ3v) is 12.7. The number of rotatable bonds is 7. The summed E-state index contributed by atoms with van der Waals surface area (Å²) in [5, 5.41) is 0. The minimum Gasteiger partial charge on any atom is -0.373 e. The lowest BCUT2D eigenvalue weighted by molar-refractivity contribution is -0.117. The number of carbonyl (C=O) groups excluding carboxylic acids is 1. The summed E-state index contributed by atoms with van der Waals surface area (Å²) in [6.07, 6.45) is 4.38. The van der Waals surface area contributed by atoms with Gasteiger partial charge in [-0.3, -0.25) is 4.79 Å². The van der Waals surface area contributed by atoms with Gasteiger partial charge in [0.05, 0.1) is 14.2 Å². The molecule has 1 atom stereocenters. The molecule has 1 saturated heterocycles. The maximum atomic E-state index is 12.9. The Morgan fingerprint density at radius 3 is 1.91 bits per heavy atom. The molecule has 1 aliphatic heterocycles. The minimum absolute atomic E-state index is 0.0798. The molecule has 2 nitrogen and oxygen atoms in total. The van der Waals surface area contributed by atoms with Crippen LogP contribution in [0.15, 0.2) is 11.3 Å². The molecule has 0 amide bonds. The summed E-state index contributed by atoms with van der Waals surface area (Å²) >= 11 is 0. The number of ketones is 1. The smallest absolute Gasteiger partial charge is 0.163 e. The Bertz CT molecular complexity index is 405. The van der Waals surface area contributed by atoms with Gasteiger partial charge in [-0.05, 0) is 42.3 Å². The van der Waals surface area contributed by atoms with Crippen molar-refractivity contribution < 1.29 is 9.53 Å². The summed E-state index contributed by atoms with van der Waals surface area (Å²) in [5.74, 6) is 0.708. The first-order valence-corrected chi connectivity index (χ1v) is 11.5. The highest BCUT2D eigenvalue weighted by atomic mass is 28.3. The second-order valence-corrected chi connectivity index (χ2v) is 14.0. The molecule has 1 saturated carbocycles. The summed E-state index contributed by atoms with van der Waals surface area (Å²) in [7, 11) is -1.70. The van der Waals surface area contributed by atoms with Crippen molar-refractivity contribution in [1.82, 2.24) is 0 Å². The van der Waals surface area contributed by atoms with Gasteiger partial charge in [-0.2, -0.15) is 0 Å². The van der Waals surface area contributed by atoms with Gasteiger partial charge in [0.15, 0.2) is 5.78 Å². The molecule has 126 valence electrons. The van der Waals surface area contributed by atoms with E-state index in [4.69, 9.17) is 4.74 Å². The number of ether oxygens (including phenoxy) is 1. The molecule has 22 heavy (non-hydrogen) atoms. The second kappa shape index (κ2) is 7.00. The molecule has 0 radical (unpaired) electrons. The van der Waals surface area contributed by atoms with Gasteiger partial charge in [0.2, 0.25) is 0 Å². The summed E-state index contributed by atoms with van der Waals surface area (Å²) in [6, 6.07) is 0. The number of hydrogen-bond donors (Lipinski definition) is 0. The lowest BCUT2D eigenvalue weighted by atomic mass is 10.0. The van der Waals surface area contributed by atoms with E-state index >= 15 is 0 Å². The molecule has 0 bridgehead atoms. The molecule has 2 fully saturated rings. The summed E-state index contributed by atoms with van der Waals surface area (Å²) in [6.45, 7) is 15.0. The first-order valence-electron chi connectivity index (χ1n) is 9.19. The van der Waals surface area contributed by atoms with Crippen LogP contribution in [-0.4, -0.2) is 26.6 Å². The predicted octanol–water partition coefficient (Wildman–Crippen LogP) is 5.29. The van der Waals surface area contributed by atoms with Crippen molar-refractivity contribution in [3.8, 4) is 0 Å². The zero-order chi connectivity index (χ0) is 16.5. The minimum atomic E-state index is -1.70. The molecule has 1 unspecified atom stereocenters. The molecular formula is C19H34O2Si. The zero-order valence-electron chi connectivity index (χ0n) is 15.3. The fourth-order valence-corrected chi connectivity index (χ4v) is 10.4. The highest BCUT2D eigenvalue weighted by molar-refractivity contribution is 6.88. The van der Waals surface area contributed by atoms with E-state index in [1.54, 1.807) is 0 Å². The van der Waals surface area contributed by atoms with Crippen LogP contribution >= 0.6 is 0 Å². The normalized spacial score (nSPS) is 23.9. The van der Waals surface area contributed by atoms with Gasteiger partial charge in [0.1, 0.15) is 0 Å². The van der Waals surface area contributed by atoms with Crippen LogP contribution in [0, 0.1) is 5.92 Å². The van der Waals surface area contributed by atoms with Crippen LogP contribution in [0.1, 0.15) is 67.2 Å². The van der Waals surface area contributed by atoms with E-state index in [9.17, 15) is 4.79 Å². The highest BCUT2D eigenvalue weighted by Gasteiger charge is 2.44. The van der Waals surface area contributed by atoms with Crippen LogP contribution in [0.5, 0.6) is 0 Å². The van der Waals surface area contributed by atoms with Gasteiger partial charge >= 0.3 is 0 Å². The highest BCUT2D eigenvalue weighted by Crippen LogP contribution is 2.45. The molecular weight excluding hydrogens is 288 g/mol. The molecule has 2 aliphatic rings. The Balaban J connectivity index is 2.44. The van der Waals surface area contributed by atoms with Crippen molar-refractivity contribution in [3.05, 3.63) is 11.3 Å². The predicted molar refractivity (Wildman–Crippen MR) is 95.8 cm³/mol. The van der Waals surface area contributed by atoms with E-state index in [0.29, 0.717) is 28.3 Å². The van der Waals surface area contributed by atoms with Crippen LogP contribution < -0.4 is 0 Å². The monoisotopic (exact) mass is 322 g/mol. The summed E-state index contributed by atoms with van der Waals surface area (Å²) in [4.78, 5) is 12.9. The Morgan fingerprint density at radius 2 is 1.55 bits per heavy atom. The third kappa shape index (κ3) is 3.40. The van der Waals surface area contributed by atoms with Gasteiger partial charge in [-0.1, -0.05) is 47.2 Å². The van der Waals surface area contributed by atoms with Crippen LogP contribution in [0.4, 0.5) is 0 Å². The van der Waals surface area contributed by atoms with Gasteiger partial charge in [-0.15, -0.1) is 0 Å². The molecule has 1 aliphatic carbocycles. The number of carbonyl (C=O) groups is 1. The van der Waals surface area contributed by atoms with E-state index in [2.05, 4.69) is 47.2 Å². The van der Waals surface area contributed by atoms with Crippen molar-refractivity contribution in [1.29, 1.82) is 0 Å². The fraction of sp³-hybridized carbons (Fsp3) is 0.842. The molecule has 0 aromatic rings. The Kier molecular flexibility index (Phi) is 5.71. The first-order chi connectivity index (χ1) is 10.3. The largest absolute Gasteiger partial charge is 0.373 e. The fourth-order valence-electron chi connectivity index (χ4n) is 4.50. The SMILES string of the molecule is CC(C)[Si](/C=C(\C(=O)C1CC1)C1CCCO1)(C(C)C)C(C)C. The van der Waals surface area contributed by atoms with Crippen molar-refractivity contribution in [2.24, 2.45) is 5.92 Å². The lowest BCUT2D eigenvalue weighted by Crippen LogP contribution is -2.44. The third-order valence-electron chi connectivity index (χ3n) is 5.91. The van der Waals surface area contributed by atoms with Crippen molar-refractivity contribution in [2.45, 2.75) is 90.0 Å². The number of hydrogen-bond acceptors (Lipinski definition) is 2. The average Bonchev–Trinajstić information content (AvgIpc) is 3.14. The van der Waals surface area contributed by atoms with E-state index in [-0.39, 0.29) is 6.10 Å². The second-order valence-electron chi connectivity index (χ2n) is 8.20. The Morgan fingerprint density at radius 1 is 1.00 bits per heavy atom. The standard InChI is InChI=1S/C19H34O2Si/c1-13(2)22(14(3)4,15(5)6)12-17(18-8-7-11-21-18)19(20)16-9-10-16/h12-16,18H,7-11H2,1-6H3/b17-12-. The Labute approximate surface area is 137 Å². The van der Waals surface area contributed by atoms with Crippen molar-refractivity contribution >= 4 is 13.9 Å². The topological polar surface area (TPSA) is 26.3 Å². The molecule has 0 spiro atoms. The average molecular weight is 323 g/mol. The molecule has 0 aromatic heterocycles. The molecule has 0 aromatic carbocycles. The lowest BCUT2D eigenvalue weighted by Gasteiger charge is -2.41. The molecule has 2 rings (SSSR count). The van der Waals surface area contributed by atoms with Crippen LogP contribution in [0.3, 0.4) is 0 Å². The van der Waals surface area contributed by atoms with Crippen LogP contribution in [0.25, 0.3) is 0 Å². The molecule has 3 heteroatoms. The molecule has 1 heterocycles.